The van der Waals surface area contributed by atoms with Gasteiger partial charge in [0.25, 0.3) is 0 Å². The maximum absolute atomic E-state index is 13.4. The number of rotatable bonds is 6. The first kappa shape index (κ1) is 21.3. The highest BCUT2D eigenvalue weighted by atomic mass is 35.5. The first-order chi connectivity index (χ1) is 15.0. The summed E-state index contributed by atoms with van der Waals surface area (Å²) in [5, 5.41) is 5.08. The lowest BCUT2D eigenvalue weighted by atomic mass is 10.1. The molecule has 4 nitrogen and oxygen atoms in total. The van der Waals surface area contributed by atoms with E-state index in [4.69, 9.17) is 21.6 Å². The molecule has 0 bridgehead atoms. The molecule has 7 heteroatoms. The number of nitrogens with one attached hydrogen (secondary N) is 1. The lowest BCUT2D eigenvalue weighted by Gasteiger charge is -2.11. The van der Waals surface area contributed by atoms with Gasteiger partial charge in [-0.25, -0.2) is 14.4 Å². The van der Waals surface area contributed by atoms with Gasteiger partial charge in [-0.1, -0.05) is 48.5 Å². The number of carbonyl (C=O) groups is 1. The third-order valence-electron chi connectivity index (χ3n) is 4.73. The van der Waals surface area contributed by atoms with E-state index in [-0.39, 0.29) is 17.5 Å². The molecule has 0 fully saturated rings. The van der Waals surface area contributed by atoms with E-state index in [9.17, 15) is 9.18 Å². The van der Waals surface area contributed by atoms with Gasteiger partial charge in [0.2, 0.25) is 5.91 Å². The number of benzene rings is 3. The number of amides is 1. The number of anilines is 1. The number of halogens is 2. The molecule has 0 spiro atoms. The van der Waals surface area contributed by atoms with Crippen LogP contribution >= 0.6 is 23.4 Å². The van der Waals surface area contributed by atoms with Crippen LogP contribution in [0.4, 0.5) is 10.1 Å². The highest BCUT2D eigenvalue weighted by Crippen LogP contribution is 2.30. The van der Waals surface area contributed by atoms with Crippen molar-refractivity contribution in [3.05, 3.63) is 83.1 Å². The Morgan fingerprint density at radius 2 is 1.77 bits per heavy atom. The summed E-state index contributed by atoms with van der Waals surface area (Å²) in [6.07, 6.45) is 0.818. The molecule has 0 unspecified atom stereocenters. The normalized spacial score (nSPS) is 10.9. The Morgan fingerprint density at radius 3 is 2.48 bits per heavy atom. The van der Waals surface area contributed by atoms with E-state index >= 15 is 0 Å². The van der Waals surface area contributed by atoms with Gasteiger partial charge >= 0.3 is 0 Å². The molecule has 0 aliphatic rings. The molecule has 3 aromatic carbocycles. The lowest BCUT2D eigenvalue weighted by Crippen LogP contribution is -2.14. The van der Waals surface area contributed by atoms with Gasteiger partial charge in [-0.2, -0.15) is 0 Å². The molecule has 4 rings (SSSR count). The standard InChI is InChI=1S/C24H19ClFN3OS/c1-2-15-4-3-5-20-22(15)28-23(16-6-10-18(26)11-7-16)29-24(20)31-14-21(30)27-19-12-8-17(25)9-13-19/h3-13H,2,14H2,1H3,(H,27,30). The number of hydrogen-bond acceptors (Lipinski definition) is 4. The third kappa shape index (κ3) is 5.03. The molecule has 0 aliphatic carbocycles. The van der Waals surface area contributed by atoms with Crippen LogP contribution in [0.2, 0.25) is 5.02 Å². The average molecular weight is 452 g/mol. The topological polar surface area (TPSA) is 54.9 Å². The van der Waals surface area contributed by atoms with Crippen LogP contribution < -0.4 is 5.32 Å². The number of hydrogen-bond donors (Lipinski definition) is 1. The minimum Gasteiger partial charge on any atom is -0.325 e. The molecule has 0 saturated heterocycles. The smallest absolute Gasteiger partial charge is 0.234 e. The molecule has 0 radical (unpaired) electrons. The van der Waals surface area contributed by atoms with Crippen molar-refractivity contribution < 1.29 is 9.18 Å². The van der Waals surface area contributed by atoms with Crippen molar-refractivity contribution in [2.75, 3.05) is 11.1 Å². The summed E-state index contributed by atoms with van der Waals surface area (Å²) in [6.45, 7) is 2.07. The van der Waals surface area contributed by atoms with E-state index in [1.165, 1.54) is 23.9 Å². The molecule has 1 amide bonds. The summed E-state index contributed by atoms with van der Waals surface area (Å²) in [7, 11) is 0. The van der Waals surface area contributed by atoms with Crippen LogP contribution in [0.15, 0.2) is 71.8 Å². The van der Waals surface area contributed by atoms with Crippen LogP contribution in [0.25, 0.3) is 22.3 Å². The van der Waals surface area contributed by atoms with E-state index < -0.39 is 0 Å². The predicted molar refractivity (Wildman–Crippen MR) is 125 cm³/mol. The number of para-hydroxylation sites is 1. The number of thioether (sulfide) groups is 1. The fourth-order valence-electron chi connectivity index (χ4n) is 3.17. The van der Waals surface area contributed by atoms with Gasteiger partial charge < -0.3 is 5.32 Å². The quantitative estimate of drug-likeness (QED) is 0.273. The van der Waals surface area contributed by atoms with Gasteiger partial charge in [0.15, 0.2) is 5.82 Å². The van der Waals surface area contributed by atoms with Gasteiger partial charge in [-0.3, -0.25) is 4.79 Å². The van der Waals surface area contributed by atoms with Gasteiger partial charge in [-0.15, -0.1) is 0 Å². The molecule has 4 aromatic rings. The van der Waals surface area contributed by atoms with Crippen molar-refractivity contribution in [3.8, 4) is 11.4 Å². The zero-order chi connectivity index (χ0) is 21.8. The van der Waals surface area contributed by atoms with Gasteiger partial charge in [0, 0.05) is 21.7 Å². The average Bonchev–Trinajstić information content (AvgIpc) is 2.79. The zero-order valence-corrected chi connectivity index (χ0v) is 18.3. The molecule has 1 aromatic heterocycles. The largest absolute Gasteiger partial charge is 0.325 e. The van der Waals surface area contributed by atoms with Crippen molar-refractivity contribution in [3.63, 3.8) is 0 Å². The molecule has 1 N–H and O–H groups in total. The van der Waals surface area contributed by atoms with Crippen LogP contribution in [-0.4, -0.2) is 21.6 Å². The molecule has 156 valence electrons. The summed E-state index contributed by atoms with van der Waals surface area (Å²) in [6, 6.07) is 19.0. The minimum absolute atomic E-state index is 0.144. The highest BCUT2D eigenvalue weighted by molar-refractivity contribution is 8.00. The second-order valence-corrected chi connectivity index (χ2v) is 8.27. The Kier molecular flexibility index (Phi) is 6.49. The van der Waals surface area contributed by atoms with E-state index in [2.05, 4.69) is 12.2 Å². The first-order valence-electron chi connectivity index (χ1n) is 9.77. The fourth-order valence-corrected chi connectivity index (χ4v) is 4.11. The molecule has 1 heterocycles. The maximum atomic E-state index is 13.4. The molecular weight excluding hydrogens is 433 g/mol. The number of carbonyl (C=O) groups excluding carboxylic acids is 1. The lowest BCUT2D eigenvalue weighted by molar-refractivity contribution is -0.113. The van der Waals surface area contributed by atoms with E-state index in [0.717, 1.165) is 28.5 Å². The van der Waals surface area contributed by atoms with E-state index in [1.807, 2.05) is 18.2 Å². The maximum Gasteiger partial charge on any atom is 0.234 e. The Labute approximate surface area is 188 Å². The first-order valence-corrected chi connectivity index (χ1v) is 11.1. The Bertz CT molecular complexity index is 1230. The number of aromatic nitrogens is 2. The second-order valence-electron chi connectivity index (χ2n) is 6.87. The van der Waals surface area contributed by atoms with Crippen LogP contribution in [-0.2, 0) is 11.2 Å². The monoisotopic (exact) mass is 451 g/mol. The summed E-state index contributed by atoms with van der Waals surface area (Å²) in [4.78, 5) is 21.9. The van der Waals surface area contributed by atoms with Gasteiger partial charge in [0.05, 0.1) is 11.3 Å². The molecule has 0 atom stereocenters. The Hall–Kier alpha value is -2.96. The Morgan fingerprint density at radius 1 is 1.03 bits per heavy atom. The number of nitrogens with zero attached hydrogens (tertiary/aromatic N) is 2. The molecule has 31 heavy (non-hydrogen) atoms. The minimum atomic E-state index is -0.313. The second kappa shape index (κ2) is 9.45. The zero-order valence-electron chi connectivity index (χ0n) is 16.7. The summed E-state index contributed by atoms with van der Waals surface area (Å²) < 4.78 is 13.4. The van der Waals surface area contributed by atoms with Crippen LogP contribution in [0.3, 0.4) is 0 Å². The van der Waals surface area contributed by atoms with E-state index in [0.29, 0.717) is 21.6 Å². The highest BCUT2D eigenvalue weighted by Gasteiger charge is 2.14. The van der Waals surface area contributed by atoms with Crippen molar-refractivity contribution in [1.82, 2.24) is 9.97 Å². The summed E-state index contributed by atoms with van der Waals surface area (Å²) >= 11 is 7.24. The van der Waals surface area contributed by atoms with E-state index in [1.54, 1.807) is 36.4 Å². The number of fused-ring (bicyclic) bond motifs is 1. The third-order valence-corrected chi connectivity index (χ3v) is 5.97. The van der Waals surface area contributed by atoms with Crippen molar-refractivity contribution in [2.45, 2.75) is 18.4 Å². The van der Waals surface area contributed by atoms with Crippen molar-refractivity contribution >= 4 is 45.9 Å². The van der Waals surface area contributed by atoms with Gasteiger partial charge in [0.1, 0.15) is 10.8 Å². The van der Waals surface area contributed by atoms with Gasteiger partial charge in [-0.05, 0) is 60.5 Å². The van der Waals surface area contributed by atoms with Crippen LogP contribution in [0, 0.1) is 5.82 Å². The fraction of sp³-hybridized carbons (Fsp3) is 0.125. The molecule has 0 aliphatic heterocycles. The Balaban J connectivity index is 1.64. The van der Waals surface area contributed by atoms with Crippen LogP contribution in [0.1, 0.15) is 12.5 Å². The van der Waals surface area contributed by atoms with Crippen LogP contribution in [0.5, 0.6) is 0 Å². The molecular formula is C24H19ClFN3OS. The predicted octanol–water partition coefficient (Wildman–Crippen LogP) is 6.38. The molecule has 0 saturated carbocycles. The summed E-state index contributed by atoms with van der Waals surface area (Å²) in [5.41, 5.74) is 3.35. The van der Waals surface area contributed by atoms with Crippen molar-refractivity contribution in [1.29, 1.82) is 0 Å². The summed E-state index contributed by atoms with van der Waals surface area (Å²) in [5.74, 6) is 0.240. The number of aryl methyl sites for hydroxylation is 1. The van der Waals surface area contributed by atoms with Crippen molar-refractivity contribution in [2.24, 2.45) is 0 Å². The SMILES string of the molecule is CCc1cccc2c(SCC(=O)Nc3ccc(Cl)cc3)nc(-c3ccc(F)cc3)nc12.